The van der Waals surface area contributed by atoms with Crippen molar-refractivity contribution in [2.45, 2.75) is 25.2 Å². The Bertz CT molecular complexity index is 582. The maximum atomic E-state index is 12.3. The summed E-state index contributed by atoms with van der Waals surface area (Å²) in [4.78, 5) is 12.3. The van der Waals surface area contributed by atoms with Crippen LogP contribution in [0.4, 0.5) is 0 Å². The van der Waals surface area contributed by atoms with Crippen LogP contribution in [-0.4, -0.2) is 15.6 Å². The van der Waals surface area contributed by atoms with Crippen LogP contribution in [0, 0.1) is 0 Å². The van der Waals surface area contributed by atoms with E-state index in [-0.39, 0.29) is 5.78 Å². The van der Waals surface area contributed by atoms with Crippen LogP contribution < -0.4 is 0 Å². The summed E-state index contributed by atoms with van der Waals surface area (Å²) < 4.78 is 1.62. The molecule has 3 rings (SSSR count). The molecule has 18 heavy (non-hydrogen) atoms. The average Bonchev–Trinajstić information content (AvgIpc) is 2.73. The zero-order valence-corrected chi connectivity index (χ0v) is 10.5. The molecule has 1 heterocycles. The summed E-state index contributed by atoms with van der Waals surface area (Å²) in [5.74, 6) is 0.709. The highest BCUT2D eigenvalue weighted by molar-refractivity contribution is 6.07. The molecule has 1 saturated carbocycles. The lowest BCUT2D eigenvalue weighted by Crippen LogP contribution is -2.11. The molecule has 0 unspecified atom stereocenters. The van der Waals surface area contributed by atoms with Gasteiger partial charge in [0.2, 0.25) is 5.78 Å². The van der Waals surface area contributed by atoms with Crippen molar-refractivity contribution >= 4 is 5.78 Å². The Kier molecular flexibility index (Phi) is 2.74. The Balaban J connectivity index is 1.92. The van der Waals surface area contributed by atoms with Crippen LogP contribution in [0.25, 0.3) is 0 Å². The molecule has 0 atom stereocenters. The topological polar surface area (TPSA) is 34.9 Å². The van der Waals surface area contributed by atoms with Gasteiger partial charge in [0.05, 0.1) is 0 Å². The number of carbonyl (C=O) groups excluding carboxylic acids is 1. The van der Waals surface area contributed by atoms with Gasteiger partial charge in [0.25, 0.3) is 0 Å². The molecule has 92 valence electrons. The summed E-state index contributed by atoms with van der Waals surface area (Å²) in [7, 11) is 1.79. The average molecular weight is 240 g/mol. The van der Waals surface area contributed by atoms with E-state index in [4.69, 9.17) is 0 Å². The first-order valence-electron chi connectivity index (χ1n) is 6.38. The van der Waals surface area contributed by atoms with E-state index in [9.17, 15) is 4.79 Å². The van der Waals surface area contributed by atoms with Crippen molar-refractivity contribution in [3.8, 4) is 0 Å². The number of hydrogen-bond donors (Lipinski definition) is 0. The molecule has 0 N–H and O–H groups in total. The van der Waals surface area contributed by atoms with E-state index in [2.05, 4.69) is 11.2 Å². The van der Waals surface area contributed by atoms with Crippen molar-refractivity contribution in [3.05, 3.63) is 53.3 Å². The first-order valence-corrected chi connectivity index (χ1v) is 6.38. The third-order valence-electron chi connectivity index (χ3n) is 3.78. The van der Waals surface area contributed by atoms with Crippen molar-refractivity contribution in [1.29, 1.82) is 0 Å². The molecule has 3 heteroatoms. The summed E-state index contributed by atoms with van der Waals surface area (Å²) in [6, 6.07) is 9.80. The Labute approximate surface area is 106 Å². The first-order chi connectivity index (χ1) is 8.75. The standard InChI is InChI=1S/C15H16N2O/c1-17-14(8-9-16-17)15(18)13-7-3-6-12(10-13)11-4-2-5-11/h3,6-11H,2,4-5H2,1H3. The van der Waals surface area contributed by atoms with E-state index in [1.165, 1.54) is 24.8 Å². The Morgan fingerprint density at radius 1 is 1.33 bits per heavy atom. The lowest BCUT2D eigenvalue weighted by Gasteiger charge is -2.26. The monoisotopic (exact) mass is 240 g/mol. The van der Waals surface area contributed by atoms with Crippen molar-refractivity contribution in [3.63, 3.8) is 0 Å². The number of rotatable bonds is 3. The molecule has 0 bridgehead atoms. The van der Waals surface area contributed by atoms with Gasteiger partial charge in [-0.05, 0) is 36.5 Å². The van der Waals surface area contributed by atoms with Crippen molar-refractivity contribution < 1.29 is 4.79 Å². The second-order valence-electron chi connectivity index (χ2n) is 4.92. The molecule has 1 aliphatic carbocycles. The molecule has 0 radical (unpaired) electrons. The van der Waals surface area contributed by atoms with Gasteiger partial charge in [-0.3, -0.25) is 9.48 Å². The van der Waals surface area contributed by atoms with Gasteiger partial charge in [-0.25, -0.2) is 0 Å². The van der Waals surface area contributed by atoms with E-state index in [0.29, 0.717) is 11.6 Å². The normalized spacial score (nSPS) is 15.4. The summed E-state index contributed by atoms with van der Waals surface area (Å²) >= 11 is 0. The summed E-state index contributed by atoms with van der Waals surface area (Å²) in [5.41, 5.74) is 2.71. The van der Waals surface area contributed by atoms with Crippen molar-refractivity contribution in [2.24, 2.45) is 7.05 Å². The predicted molar refractivity (Wildman–Crippen MR) is 69.7 cm³/mol. The Hall–Kier alpha value is -1.90. The highest BCUT2D eigenvalue weighted by atomic mass is 16.1. The van der Waals surface area contributed by atoms with Crippen LogP contribution in [0.3, 0.4) is 0 Å². The van der Waals surface area contributed by atoms with Crippen LogP contribution in [-0.2, 0) is 7.05 Å². The highest BCUT2D eigenvalue weighted by Gasteiger charge is 2.21. The fourth-order valence-electron chi connectivity index (χ4n) is 2.42. The smallest absolute Gasteiger partial charge is 0.211 e. The molecule has 1 fully saturated rings. The molecular weight excluding hydrogens is 224 g/mol. The second kappa shape index (κ2) is 4.41. The summed E-state index contributed by atoms with van der Waals surface area (Å²) in [6.45, 7) is 0. The molecule has 1 aliphatic rings. The van der Waals surface area contributed by atoms with Gasteiger partial charge in [-0.1, -0.05) is 24.6 Å². The molecular formula is C15H16N2O. The third-order valence-corrected chi connectivity index (χ3v) is 3.78. The molecule has 1 aromatic carbocycles. The summed E-state index contributed by atoms with van der Waals surface area (Å²) in [5, 5.41) is 4.04. The Morgan fingerprint density at radius 3 is 2.78 bits per heavy atom. The van der Waals surface area contributed by atoms with Gasteiger partial charge < -0.3 is 0 Å². The molecule has 0 saturated heterocycles. The molecule has 2 aromatic rings. The number of aromatic nitrogens is 2. The summed E-state index contributed by atoms with van der Waals surface area (Å²) in [6.07, 6.45) is 5.47. The van der Waals surface area contributed by atoms with Crippen LogP contribution in [0.1, 0.15) is 46.8 Å². The van der Waals surface area contributed by atoms with Crippen LogP contribution >= 0.6 is 0 Å². The predicted octanol–water partition coefficient (Wildman–Crippen LogP) is 2.92. The third kappa shape index (κ3) is 1.86. The lowest BCUT2D eigenvalue weighted by molar-refractivity contribution is 0.103. The number of carbonyl (C=O) groups is 1. The van der Waals surface area contributed by atoms with Gasteiger partial charge in [0.15, 0.2) is 0 Å². The van der Waals surface area contributed by atoms with Crippen LogP contribution in [0.2, 0.25) is 0 Å². The fourth-order valence-corrected chi connectivity index (χ4v) is 2.42. The van der Waals surface area contributed by atoms with Crippen molar-refractivity contribution in [2.75, 3.05) is 0 Å². The van der Waals surface area contributed by atoms with E-state index >= 15 is 0 Å². The maximum absolute atomic E-state index is 12.3. The van der Waals surface area contributed by atoms with Crippen LogP contribution in [0.15, 0.2) is 36.5 Å². The second-order valence-corrected chi connectivity index (χ2v) is 4.92. The lowest BCUT2D eigenvalue weighted by atomic mass is 9.79. The van der Waals surface area contributed by atoms with E-state index in [1.54, 1.807) is 24.0 Å². The van der Waals surface area contributed by atoms with Gasteiger partial charge >= 0.3 is 0 Å². The quantitative estimate of drug-likeness (QED) is 0.773. The molecule has 0 spiro atoms. The van der Waals surface area contributed by atoms with Gasteiger partial charge in [0, 0.05) is 18.8 Å². The fraction of sp³-hybridized carbons (Fsp3) is 0.333. The van der Waals surface area contributed by atoms with Crippen LogP contribution in [0.5, 0.6) is 0 Å². The number of hydrogen-bond acceptors (Lipinski definition) is 2. The molecule has 1 aromatic heterocycles. The number of nitrogens with zero attached hydrogens (tertiary/aromatic N) is 2. The minimum atomic E-state index is 0.0520. The minimum absolute atomic E-state index is 0.0520. The Morgan fingerprint density at radius 2 is 2.17 bits per heavy atom. The van der Waals surface area contributed by atoms with E-state index in [0.717, 1.165) is 5.56 Å². The van der Waals surface area contributed by atoms with E-state index < -0.39 is 0 Å². The largest absolute Gasteiger partial charge is 0.287 e. The minimum Gasteiger partial charge on any atom is -0.287 e. The highest BCUT2D eigenvalue weighted by Crippen LogP contribution is 2.36. The molecule has 3 nitrogen and oxygen atoms in total. The first kappa shape index (κ1) is 11.2. The number of benzene rings is 1. The molecule has 0 aliphatic heterocycles. The van der Waals surface area contributed by atoms with Gasteiger partial charge in [0.1, 0.15) is 5.69 Å². The van der Waals surface area contributed by atoms with Gasteiger partial charge in [-0.2, -0.15) is 5.10 Å². The van der Waals surface area contributed by atoms with Crippen molar-refractivity contribution in [1.82, 2.24) is 9.78 Å². The van der Waals surface area contributed by atoms with Gasteiger partial charge in [-0.15, -0.1) is 0 Å². The maximum Gasteiger partial charge on any atom is 0.211 e. The SMILES string of the molecule is Cn1nccc1C(=O)c1cccc(C2CCC2)c1. The van der Waals surface area contributed by atoms with E-state index in [1.807, 2.05) is 18.2 Å². The zero-order valence-electron chi connectivity index (χ0n) is 10.5. The number of aryl methyl sites for hydroxylation is 1. The number of ketones is 1. The molecule has 0 amide bonds. The zero-order chi connectivity index (χ0) is 12.5.